The second-order valence-electron chi connectivity index (χ2n) is 6.98. The maximum atomic E-state index is 2.46. The zero-order chi connectivity index (χ0) is 13.8. The minimum absolute atomic E-state index is 0.793. The predicted octanol–water partition coefficient (Wildman–Crippen LogP) is 5.37. The Hall–Kier alpha value is -1.82. The summed E-state index contributed by atoms with van der Waals surface area (Å²) >= 11 is 0. The third kappa shape index (κ3) is 1.62. The van der Waals surface area contributed by atoms with E-state index in [-0.39, 0.29) is 0 Å². The van der Waals surface area contributed by atoms with Gasteiger partial charge < -0.3 is 0 Å². The molecule has 2 fully saturated rings. The molecule has 3 aliphatic rings. The van der Waals surface area contributed by atoms with Gasteiger partial charge in [0.2, 0.25) is 0 Å². The molecule has 21 heavy (non-hydrogen) atoms. The molecule has 0 heteroatoms. The van der Waals surface area contributed by atoms with Gasteiger partial charge in [0.15, 0.2) is 0 Å². The van der Waals surface area contributed by atoms with E-state index in [0.717, 1.165) is 23.7 Å². The molecule has 0 spiro atoms. The molecule has 2 bridgehead atoms. The van der Waals surface area contributed by atoms with Gasteiger partial charge in [0.05, 0.1) is 0 Å². The van der Waals surface area contributed by atoms with Gasteiger partial charge in [-0.3, -0.25) is 0 Å². The van der Waals surface area contributed by atoms with Crippen LogP contribution in [0, 0.1) is 17.8 Å². The second kappa shape index (κ2) is 4.34. The van der Waals surface area contributed by atoms with Gasteiger partial charge >= 0.3 is 0 Å². The van der Waals surface area contributed by atoms with Crippen molar-refractivity contribution in [3.63, 3.8) is 0 Å². The van der Waals surface area contributed by atoms with Crippen LogP contribution < -0.4 is 0 Å². The summed E-state index contributed by atoms with van der Waals surface area (Å²) in [6, 6.07) is 20.0. The molecule has 5 rings (SSSR count). The molecule has 2 saturated carbocycles. The largest absolute Gasteiger partial charge is 0.0622 e. The molecule has 0 nitrogen and oxygen atoms in total. The normalized spacial score (nSPS) is 34.2. The number of benzene rings is 2. The monoisotopic (exact) mass is 272 g/mol. The first-order chi connectivity index (χ1) is 10.4. The van der Waals surface area contributed by atoms with Crippen LogP contribution in [0.4, 0.5) is 0 Å². The SMILES string of the molecule is C(=C1\c2ccccc2C2C1[C@@H]1CC[C@H]2C1)/c1ccccc1. The van der Waals surface area contributed by atoms with Crippen molar-refractivity contribution in [3.05, 3.63) is 71.3 Å². The molecular weight excluding hydrogens is 252 g/mol. The summed E-state index contributed by atoms with van der Waals surface area (Å²) in [5.41, 5.74) is 6.14. The Morgan fingerprint density at radius 1 is 0.762 bits per heavy atom. The van der Waals surface area contributed by atoms with Crippen LogP contribution in [-0.2, 0) is 0 Å². The highest BCUT2D eigenvalue weighted by atomic mass is 14.6. The number of rotatable bonds is 1. The second-order valence-corrected chi connectivity index (χ2v) is 6.98. The average Bonchev–Trinajstić information content (AvgIpc) is 3.21. The molecule has 2 unspecified atom stereocenters. The topological polar surface area (TPSA) is 0 Å². The summed E-state index contributed by atoms with van der Waals surface area (Å²) in [6.45, 7) is 0. The lowest BCUT2D eigenvalue weighted by Gasteiger charge is -2.26. The van der Waals surface area contributed by atoms with Crippen molar-refractivity contribution < 1.29 is 0 Å². The molecule has 3 aliphatic carbocycles. The number of fused-ring (bicyclic) bond motifs is 7. The minimum Gasteiger partial charge on any atom is -0.0622 e. The fourth-order valence-corrected chi connectivity index (χ4v) is 5.32. The first-order valence-corrected chi connectivity index (χ1v) is 8.28. The molecule has 0 saturated heterocycles. The molecule has 0 radical (unpaired) electrons. The molecule has 0 aliphatic heterocycles. The molecule has 0 N–H and O–H groups in total. The zero-order valence-corrected chi connectivity index (χ0v) is 12.2. The van der Waals surface area contributed by atoms with Crippen molar-refractivity contribution in [3.8, 4) is 0 Å². The lowest BCUT2D eigenvalue weighted by atomic mass is 9.78. The van der Waals surface area contributed by atoms with E-state index in [4.69, 9.17) is 0 Å². The van der Waals surface area contributed by atoms with E-state index in [1.165, 1.54) is 30.4 Å². The standard InChI is InChI=1S/C21H20/c1-2-6-14(7-3-1)12-19-17-8-4-5-9-18(17)20-15-10-11-16(13-15)21(19)20/h1-9,12,15-16,20-21H,10-11,13H2/b19-12-/t15-,16+,20?,21?/m0/s1. The van der Waals surface area contributed by atoms with Crippen molar-refractivity contribution in [2.45, 2.75) is 25.2 Å². The summed E-state index contributed by atoms with van der Waals surface area (Å²) in [6.07, 6.45) is 6.84. The summed E-state index contributed by atoms with van der Waals surface area (Å²) in [5, 5.41) is 0. The van der Waals surface area contributed by atoms with Crippen LogP contribution in [0.1, 0.15) is 41.9 Å². The van der Waals surface area contributed by atoms with E-state index >= 15 is 0 Å². The van der Waals surface area contributed by atoms with Gasteiger partial charge in [-0.25, -0.2) is 0 Å². The van der Waals surface area contributed by atoms with Crippen molar-refractivity contribution in [2.75, 3.05) is 0 Å². The van der Waals surface area contributed by atoms with Gasteiger partial charge in [-0.1, -0.05) is 60.7 Å². The van der Waals surface area contributed by atoms with Crippen molar-refractivity contribution in [2.24, 2.45) is 17.8 Å². The highest BCUT2D eigenvalue weighted by Crippen LogP contribution is 2.65. The smallest absolute Gasteiger partial charge is 0.00555 e. The van der Waals surface area contributed by atoms with E-state index in [9.17, 15) is 0 Å². The summed E-state index contributed by atoms with van der Waals surface area (Å²) in [7, 11) is 0. The van der Waals surface area contributed by atoms with Crippen molar-refractivity contribution >= 4 is 11.6 Å². The summed E-state index contributed by atoms with van der Waals surface area (Å²) in [5.74, 6) is 3.49. The Morgan fingerprint density at radius 2 is 1.48 bits per heavy atom. The molecule has 4 atom stereocenters. The highest BCUT2D eigenvalue weighted by Gasteiger charge is 2.53. The predicted molar refractivity (Wildman–Crippen MR) is 87.8 cm³/mol. The fraction of sp³-hybridized carbons (Fsp3) is 0.333. The van der Waals surface area contributed by atoms with Crippen LogP contribution in [-0.4, -0.2) is 0 Å². The van der Waals surface area contributed by atoms with Gasteiger partial charge in [0.1, 0.15) is 0 Å². The average molecular weight is 272 g/mol. The van der Waals surface area contributed by atoms with E-state index in [2.05, 4.69) is 60.7 Å². The lowest BCUT2D eigenvalue weighted by molar-refractivity contribution is 0.365. The number of allylic oxidation sites excluding steroid dienone is 1. The molecule has 0 aromatic heterocycles. The van der Waals surface area contributed by atoms with Crippen molar-refractivity contribution in [1.82, 2.24) is 0 Å². The van der Waals surface area contributed by atoms with Gasteiger partial charge in [0.25, 0.3) is 0 Å². The Kier molecular flexibility index (Phi) is 2.44. The van der Waals surface area contributed by atoms with Gasteiger partial charge in [-0.05, 0) is 65.2 Å². The van der Waals surface area contributed by atoms with E-state index < -0.39 is 0 Å². The summed E-state index contributed by atoms with van der Waals surface area (Å²) in [4.78, 5) is 0. The third-order valence-corrected chi connectivity index (χ3v) is 6.03. The minimum atomic E-state index is 0.793. The number of hydrogen-bond donors (Lipinski definition) is 0. The fourth-order valence-electron chi connectivity index (χ4n) is 5.32. The van der Waals surface area contributed by atoms with Crippen LogP contribution in [0.5, 0.6) is 0 Å². The Balaban J connectivity index is 1.69. The molecule has 0 heterocycles. The van der Waals surface area contributed by atoms with E-state index in [1.54, 1.807) is 11.1 Å². The molecule has 2 aromatic carbocycles. The summed E-state index contributed by atoms with van der Waals surface area (Å²) < 4.78 is 0. The van der Waals surface area contributed by atoms with Crippen LogP contribution >= 0.6 is 0 Å². The first-order valence-electron chi connectivity index (χ1n) is 8.28. The maximum absolute atomic E-state index is 2.46. The third-order valence-electron chi connectivity index (χ3n) is 6.03. The maximum Gasteiger partial charge on any atom is -0.00555 e. The molecule has 104 valence electrons. The Morgan fingerprint density at radius 3 is 2.33 bits per heavy atom. The zero-order valence-electron chi connectivity index (χ0n) is 12.2. The molecular formula is C21H20. The first kappa shape index (κ1) is 11.8. The molecule has 2 aromatic rings. The van der Waals surface area contributed by atoms with Crippen molar-refractivity contribution in [1.29, 1.82) is 0 Å². The Labute approximate surface area is 126 Å². The van der Waals surface area contributed by atoms with Gasteiger partial charge in [0, 0.05) is 0 Å². The van der Waals surface area contributed by atoms with Gasteiger partial charge in [-0.15, -0.1) is 0 Å². The van der Waals surface area contributed by atoms with Crippen LogP contribution in [0.25, 0.3) is 11.6 Å². The highest BCUT2D eigenvalue weighted by molar-refractivity contribution is 5.88. The lowest BCUT2D eigenvalue weighted by Crippen LogP contribution is -2.15. The van der Waals surface area contributed by atoms with Gasteiger partial charge in [-0.2, -0.15) is 0 Å². The molecule has 0 amide bonds. The van der Waals surface area contributed by atoms with Crippen LogP contribution in [0.3, 0.4) is 0 Å². The number of hydrogen-bond acceptors (Lipinski definition) is 0. The van der Waals surface area contributed by atoms with Crippen LogP contribution in [0.15, 0.2) is 54.6 Å². The Bertz CT molecular complexity index is 710. The van der Waals surface area contributed by atoms with E-state index in [0.29, 0.717) is 0 Å². The van der Waals surface area contributed by atoms with E-state index in [1.807, 2.05) is 0 Å². The van der Waals surface area contributed by atoms with Crippen LogP contribution in [0.2, 0.25) is 0 Å². The quantitative estimate of drug-likeness (QED) is 0.654.